The quantitative estimate of drug-likeness (QED) is 0.388. The van der Waals surface area contributed by atoms with Crippen LogP contribution >= 0.6 is 0 Å². The maximum Gasteiger partial charge on any atom is 0.404 e. The van der Waals surface area contributed by atoms with Crippen molar-refractivity contribution in [2.75, 3.05) is 13.7 Å². The summed E-state index contributed by atoms with van der Waals surface area (Å²) in [5.74, 6) is 1.99. The molecule has 0 aliphatic rings. The largest absolute Gasteiger partial charge is 0.465 e. The fourth-order valence-electron chi connectivity index (χ4n) is 0. The van der Waals surface area contributed by atoms with Gasteiger partial charge in [-0.1, -0.05) is 5.92 Å². The minimum atomic E-state index is -0.995. The van der Waals surface area contributed by atoms with Crippen molar-refractivity contribution in [3.63, 3.8) is 0 Å². The van der Waals surface area contributed by atoms with Crippen molar-refractivity contribution in [2.24, 2.45) is 0 Å². The second-order valence-corrected chi connectivity index (χ2v) is 0.917. The molecule has 0 aliphatic heterocycles. The molecule has 4 nitrogen and oxygen atoms in total. The molecule has 52 valence electrons. The van der Waals surface area contributed by atoms with Crippen molar-refractivity contribution in [2.45, 2.75) is 0 Å². The van der Waals surface area contributed by atoms with Crippen LogP contribution < -0.4 is 5.32 Å². The highest BCUT2D eigenvalue weighted by molar-refractivity contribution is 5.63. The van der Waals surface area contributed by atoms with E-state index in [0.717, 1.165) is 0 Å². The highest BCUT2D eigenvalue weighted by atomic mass is 16.4. The summed E-state index contributed by atoms with van der Waals surface area (Å²) in [5, 5.41) is 17.2. The molecule has 0 bridgehead atoms. The first-order valence-corrected chi connectivity index (χ1v) is 2.14. The number of nitrogens with one attached hydrogen (secondary N) is 1. The van der Waals surface area contributed by atoms with E-state index in [9.17, 15) is 4.79 Å². The van der Waals surface area contributed by atoms with Gasteiger partial charge in [0.05, 0.1) is 0 Å². The number of carboxylic acid groups (broad SMARTS) is 1. The molecule has 0 unspecified atom stereocenters. The van der Waals surface area contributed by atoms with Gasteiger partial charge in [-0.2, -0.15) is 0 Å². The van der Waals surface area contributed by atoms with Crippen LogP contribution in [0.2, 0.25) is 0 Å². The van der Waals surface area contributed by atoms with Crippen LogP contribution in [-0.4, -0.2) is 30.0 Å². The zero-order valence-electron chi connectivity index (χ0n) is 5.09. The molecule has 0 aromatic rings. The normalized spacial score (nSPS) is 5.89. The first kappa shape index (κ1) is 10.7. The minimum Gasteiger partial charge on any atom is -0.465 e. The van der Waals surface area contributed by atoms with Crippen LogP contribution in [0, 0.1) is 12.3 Å². The smallest absolute Gasteiger partial charge is 0.404 e. The third-order valence-corrected chi connectivity index (χ3v) is 0.305. The summed E-state index contributed by atoms with van der Waals surface area (Å²) in [7, 11) is 1.35. The van der Waals surface area contributed by atoms with Gasteiger partial charge in [-0.3, -0.25) is 0 Å². The van der Waals surface area contributed by atoms with E-state index in [1.165, 1.54) is 7.05 Å². The highest BCUT2D eigenvalue weighted by Gasteiger charge is 1.76. The van der Waals surface area contributed by atoms with Gasteiger partial charge in [-0.05, 0) is 0 Å². The van der Waals surface area contributed by atoms with Crippen LogP contribution in [-0.2, 0) is 0 Å². The van der Waals surface area contributed by atoms with E-state index < -0.39 is 6.09 Å². The molecule has 0 rings (SSSR count). The van der Waals surface area contributed by atoms with Crippen molar-refractivity contribution in [1.29, 1.82) is 0 Å². The Labute approximate surface area is 53.5 Å². The van der Waals surface area contributed by atoms with Crippen LogP contribution in [0.1, 0.15) is 0 Å². The van der Waals surface area contributed by atoms with Crippen molar-refractivity contribution in [3.8, 4) is 12.3 Å². The number of hydrogen-bond acceptors (Lipinski definition) is 2. The van der Waals surface area contributed by atoms with Crippen molar-refractivity contribution >= 4 is 6.09 Å². The summed E-state index contributed by atoms with van der Waals surface area (Å²) in [6.07, 6.45) is 3.53. The molecular weight excluding hydrogens is 122 g/mol. The Morgan fingerprint density at radius 2 is 2.11 bits per heavy atom. The van der Waals surface area contributed by atoms with E-state index in [1.807, 2.05) is 11.2 Å². The molecular formula is C5H9NO3. The molecule has 0 saturated carbocycles. The van der Waals surface area contributed by atoms with Gasteiger partial charge in [0, 0.05) is 7.05 Å². The van der Waals surface area contributed by atoms with E-state index >= 15 is 0 Å². The van der Waals surface area contributed by atoms with E-state index in [4.69, 9.17) is 10.2 Å². The molecule has 0 radical (unpaired) electrons. The molecule has 0 aromatic heterocycles. The summed E-state index contributed by atoms with van der Waals surface area (Å²) in [5.41, 5.74) is 0. The van der Waals surface area contributed by atoms with Crippen molar-refractivity contribution in [1.82, 2.24) is 5.32 Å². The van der Waals surface area contributed by atoms with Gasteiger partial charge in [0.2, 0.25) is 0 Å². The molecule has 0 spiro atoms. The number of hydrogen-bond donors (Lipinski definition) is 3. The Hall–Kier alpha value is -1.21. The lowest BCUT2D eigenvalue weighted by Gasteiger charge is -1.78. The molecule has 0 aliphatic carbocycles. The lowest BCUT2D eigenvalue weighted by atomic mass is 10.8. The fraction of sp³-hybridized carbons (Fsp3) is 0.400. The van der Waals surface area contributed by atoms with Crippen LogP contribution in [0.3, 0.4) is 0 Å². The number of rotatable bonds is 0. The Bertz CT molecular complexity index is 105. The van der Waals surface area contributed by atoms with Gasteiger partial charge in [-0.15, -0.1) is 6.42 Å². The number of aliphatic hydroxyl groups is 1. The van der Waals surface area contributed by atoms with Gasteiger partial charge in [0.25, 0.3) is 0 Å². The molecule has 0 aromatic carbocycles. The first-order chi connectivity index (χ1) is 4.18. The van der Waals surface area contributed by atoms with Gasteiger partial charge < -0.3 is 15.5 Å². The molecule has 0 atom stereocenters. The first-order valence-electron chi connectivity index (χ1n) is 2.14. The number of carbonyl (C=O) groups is 1. The lowest BCUT2D eigenvalue weighted by Crippen LogP contribution is -2.13. The number of aliphatic hydroxyl groups excluding tert-OH is 1. The average molecular weight is 131 g/mol. The maximum atomic E-state index is 9.26. The highest BCUT2D eigenvalue weighted by Crippen LogP contribution is 1.45. The van der Waals surface area contributed by atoms with Crippen molar-refractivity contribution in [3.05, 3.63) is 0 Å². The molecule has 0 fully saturated rings. The van der Waals surface area contributed by atoms with Gasteiger partial charge in [-0.25, -0.2) is 4.79 Å². The third kappa shape index (κ3) is 48.6. The standard InChI is InChI=1S/C3H4O.C2H5NO2/c1-2-3-4;1-3-2(4)5/h1,4H,3H2;3H,1H3,(H,4,5). The summed E-state index contributed by atoms with van der Waals surface area (Å²) >= 11 is 0. The Morgan fingerprint density at radius 3 is 2.11 bits per heavy atom. The van der Waals surface area contributed by atoms with Gasteiger partial charge in [0.15, 0.2) is 0 Å². The van der Waals surface area contributed by atoms with Crippen LogP contribution in [0.15, 0.2) is 0 Å². The molecule has 0 saturated heterocycles. The Kier molecular flexibility index (Phi) is 11.8. The predicted octanol–water partition coefficient (Wildman–Crippen LogP) is -0.504. The van der Waals surface area contributed by atoms with Gasteiger partial charge in [0.1, 0.15) is 6.61 Å². The zero-order valence-corrected chi connectivity index (χ0v) is 5.09. The van der Waals surface area contributed by atoms with E-state index in [-0.39, 0.29) is 6.61 Å². The Morgan fingerprint density at radius 1 is 1.89 bits per heavy atom. The monoisotopic (exact) mass is 131 g/mol. The fourth-order valence-corrected chi connectivity index (χ4v) is 0. The minimum absolute atomic E-state index is 0.153. The summed E-state index contributed by atoms with van der Waals surface area (Å²) in [6, 6.07) is 0. The van der Waals surface area contributed by atoms with Crippen LogP contribution in [0.25, 0.3) is 0 Å². The van der Waals surface area contributed by atoms with E-state index in [1.54, 1.807) is 0 Å². The summed E-state index contributed by atoms with van der Waals surface area (Å²) in [4.78, 5) is 9.26. The second-order valence-electron chi connectivity index (χ2n) is 0.917. The summed E-state index contributed by atoms with van der Waals surface area (Å²) < 4.78 is 0. The predicted molar refractivity (Wildman–Crippen MR) is 33.0 cm³/mol. The maximum absolute atomic E-state index is 9.26. The van der Waals surface area contributed by atoms with Gasteiger partial charge >= 0.3 is 6.09 Å². The second kappa shape index (κ2) is 9.92. The van der Waals surface area contributed by atoms with Crippen LogP contribution in [0.4, 0.5) is 4.79 Å². The van der Waals surface area contributed by atoms with Crippen LogP contribution in [0.5, 0.6) is 0 Å². The molecule has 3 N–H and O–H groups in total. The SMILES string of the molecule is C#CCO.CNC(=O)O. The van der Waals surface area contributed by atoms with Crippen molar-refractivity contribution < 1.29 is 15.0 Å². The summed E-state index contributed by atoms with van der Waals surface area (Å²) in [6.45, 7) is -0.153. The van der Waals surface area contributed by atoms with E-state index in [0.29, 0.717) is 0 Å². The topological polar surface area (TPSA) is 69.6 Å². The molecule has 0 heterocycles. The molecule has 4 heteroatoms. The average Bonchev–Trinajstić information content (AvgIpc) is 1.89. The Balaban J connectivity index is 0. The molecule has 1 amide bonds. The third-order valence-electron chi connectivity index (χ3n) is 0.305. The zero-order chi connectivity index (χ0) is 7.70. The number of terminal acetylenes is 1. The lowest BCUT2D eigenvalue weighted by molar-refractivity contribution is 0.197. The molecule has 9 heavy (non-hydrogen) atoms. The number of amides is 1. The van der Waals surface area contributed by atoms with E-state index in [2.05, 4.69) is 6.42 Å².